The van der Waals surface area contributed by atoms with Crippen LogP contribution in [0.2, 0.25) is 0 Å². The lowest BCUT2D eigenvalue weighted by atomic mass is 9.66. The molecule has 1 atom stereocenters. The monoisotopic (exact) mass is 420 g/mol. The van der Waals surface area contributed by atoms with Crippen molar-refractivity contribution in [3.05, 3.63) is 144 Å². The minimum Gasteiger partial charge on any atom is -0.455 e. The molecule has 158 valence electrons. The molecule has 0 radical (unpaired) electrons. The zero-order valence-corrected chi connectivity index (χ0v) is 17.8. The first kappa shape index (κ1) is 21.3. The van der Waals surface area contributed by atoms with E-state index in [0.29, 0.717) is 5.56 Å². The van der Waals surface area contributed by atoms with E-state index < -0.39 is 23.3 Å². The number of carbonyl (C=O) groups is 2. The van der Waals surface area contributed by atoms with E-state index in [4.69, 9.17) is 4.74 Å². The van der Waals surface area contributed by atoms with Crippen LogP contribution >= 0.6 is 0 Å². The van der Waals surface area contributed by atoms with E-state index in [1.165, 1.54) is 0 Å². The van der Waals surface area contributed by atoms with Gasteiger partial charge in [0.2, 0.25) is 0 Å². The van der Waals surface area contributed by atoms with Gasteiger partial charge in [-0.2, -0.15) is 0 Å². The highest BCUT2D eigenvalue weighted by atomic mass is 16.5. The molecule has 0 aliphatic carbocycles. The van der Waals surface area contributed by atoms with Crippen LogP contribution in [0.15, 0.2) is 121 Å². The topological polar surface area (TPSA) is 43.4 Å². The van der Waals surface area contributed by atoms with Crippen LogP contribution in [0.4, 0.5) is 0 Å². The normalized spacial score (nSPS) is 12.0. The van der Waals surface area contributed by atoms with Crippen molar-refractivity contribution in [3.8, 4) is 0 Å². The first-order valence-electron chi connectivity index (χ1n) is 10.6. The van der Waals surface area contributed by atoms with Crippen molar-refractivity contribution in [1.29, 1.82) is 0 Å². The summed E-state index contributed by atoms with van der Waals surface area (Å²) >= 11 is 0. The largest absolute Gasteiger partial charge is 0.455 e. The first-order chi connectivity index (χ1) is 15.6. The Morgan fingerprint density at radius 2 is 0.938 bits per heavy atom. The van der Waals surface area contributed by atoms with Gasteiger partial charge in [0.25, 0.3) is 5.78 Å². The van der Waals surface area contributed by atoms with Gasteiger partial charge in [-0.25, -0.2) is 4.79 Å². The van der Waals surface area contributed by atoms with E-state index in [9.17, 15) is 9.59 Å². The summed E-state index contributed by atoms with van der Waals surface area (Å²) in [5.74, 6) is -1.52. The Kier molecular flexibility index (Phi) is 6.27. The highest BCUT2D eigenvalue weighted by Crippen LogP contribution is 2.43. The minimum atomic E-state index is -0.865. The maximum atomic E-state index is 12.9. The number of rotatable bonds is 7. The zero-order valence-electron chi connectivity index (χ0n) is 17.8. The number of benzene rings is 4. The SMILES string of the molecule is C[C@H](OC(=O)C(=O)c1ccccc1)C(c1ccccc1)(c1ccccc1)c1ccccc1. The molecule has 0 saturated heterocycles. The minimum absolute atomic E-state index is 0.314. The molecule has 4 aromatic carbocycles. The van der Waals surface area contributed by atoms with Gasteiger partial charge in [0.1, 0.15) is 6.10 Å². The van der Waals surface area contributed by atoms with E-state index in [0.717, 1.165) is 16.7 Å². The average molecular weight is 421 g/mol. The standard InChI is InChI=1S/C29H24O3/c1-22(32-28(31)27(30)23-14-6-2-7-15-23)29(24-16-8-3-9-17-24,25-18-10-4-11-19-25)26-20-12-5-13-21-26/h2-22H,1H3/t22-/m0/s1. The van der Waals surface area contributed by atoms with Crippen LogP contribution in [-0.4, -0.2) is 17.9 Å². The Bertz CT molecular complexity index is 1070. The molecule has 0 fully saturated rings. The molecule has 4 rings (SSSR count). The second-order valence-electron chi connectivity index (χ2n) is 7.65. The molecule has 3 nitrogen and oxygen atoms in total. The third-order valence-corrected chi connectivity index (χ3v) is 5.80. The smallest absolute Gasteiger partial charge is 0.379 e. The number of carbonyl (C=O) groups excluding carboxylic acids is 2. The van der Waals surface area contributed by atoms with Crippen molar-refractivity contribution >= 4 is 11.8 Å². The van der Waals surface area contributed by atoms with E-state index in [2.05, 4.69) is 0 Å². The van der Waals surface area contributed by atoms with E-state index >= 15 is 0 Å². The van der Waals surface area contributed by atoms with Gasteiger partial charge < -0.3 is 4.74 Å². The van der Waals surface area contributed by atoms with Crippen molar-refractivity contribution < 1.29 is 14.3 Å². The molecule has 0 amide bonds. The summed E-state index contributed by atoms with van der Waals surface area (Å²) in [6.45, 7) is 1.85. The summed E-state index contributed by atoms with van der Waals surface area (Å²) in [6, 6.07) is 38.4. The maximum absolute atomic E-state index is 12.9. The third-order valence-electron chi connectivity index (χ3n) is 5.80. The van der Waals surface area contributed by atoms with E-state index in [1.54, 1.807) is 30.3 Å². The molecule has 0 unspecified atom stereocenters. The summed E-state index contributed by atoms with van der Waals surface area (Å²) in [7, 11) is 0. The zero-order chi connectivity index (χ0) is 22.4. The van der Waals surface area contributed by atoms with Crippen LogP contribution in [0.3, 0.4) is 0 Å². The molecule has 0 aliphatic heterocycles. The highest BCUT2D eigenvalue weighted by Gasteiger charge is 2.44. The lowest BCUT2D eigenvalue weighted by molar-refractivity contribution is -0.144. The van der Waals surface area contributed by atoms with E-state index in [-0.39, 0.29) is 0 Å². The Labute approximate surface area is 188 Å². The summed E-state index contributed by atoms with van der Waals surface area (Å²) in [4.78, 5) is 25.7. The number of ketones is 1. The fourth-order valence-corrected chi connectivity index (χ4v) is 4.32. The van der Waals surface area contributed by atoms with Crippen LogP contribution in [0.25, 0.3) is 0 Å². The molecule has 0 N–H and O–H groups in total. The number of hydrogen-bond acceptors (Lipinski definition) is 3. The molecule has 0 bridgehead atoms. The average Bonchev–Trinajstić information content (AvgIpc) is 2.86. The van der Waals surface area contributed by atoms with Crippen molar-refractivity contribution in [2.24, 2.45) is 0 Å². The van der Waals surface area contributed by atoms with E-state index in [1.807, 2.05) is 97.9 Å². The molecular formula is C29H24O3. The second kappa shape index (κ2) is 9.44. The molecule has 0 aliphatic rings. The Morgan fingerprint density at radius 3 is 1.31 bits per heavy atom. The lowest BCUT2D eigenvalue weighted by Crippen LogP contribution is -2.43. The first-order valence-corrected chi connectivity index (χ1v) is 10.6. The lowest BCUT2D eigenvalue weighted by Gasteiger charge is -2.40. The molecule has 0 aromatic heterocycles. The Morgan fingerprint density at radius 1 is 0.594 bits per heavy atom. The predicted octanol–water partition coefficient (Wildman–Crippen LogP) is 5.84. The molecular weight excluding hydrogens is 396 g/mol. The highest BCUT2D eigenvalue weighted by molar-refractivity contribution is 6.40. The van der Waals surface area contributed by atoms with Crippen LogP contribution < -0.4 is 0 Å². The van der Waals surface area contributed by atoms with Crippen molar-refractivity contribution in [2.45, 2.75) is 18.4 Å². The van der Waals surface area contributed by atoms with Gasteiger partial charge in [-0.1, -0.05) is 121 Å². The fourth-order valence-electron chi connectivity index (χ4n) is 4.32. The Balaban J connectivity index is 1.84. The number of ether oxygens (including phenoxy) is 1. The summed E-state index contributed by atoms with van der Waals surface area (Å²) < 4.78 is 5.91. The molecule has 3 heteroatoms. The van der Waals surface area contributed by atoms with Gasteiger partial charge in [-0.3, -0.25) is 4.79 Å². The van der Waals surface area contributed by atoms with Crippen LogP contribution in [0.5, 0.6) is 0 Å². The van der Waals surface area contributed by atoms with Crippen LogP contribution in [0, 0.1) is 0 Å². The van der Waals surface area contributed by atoms with Gasteiger partial charge in [0.05, 0.1) is 5.41 Å². The van der Waals surface area contributed by atoms with Crippen LogP contribution in [-0.2, 0) is 14.9 Å². The predicted molar refractivity (Wildman–Crippen MR) is 126 cm³/mol. The Hall–Kier alpha value is -3.98. The van der Waals surface area contributed by atoms with Gasteiger partial charge >= 0.3 is 5.97 Å². The molecule has 4 aromatic rings. The fraction of sp³-hybridized carbons (Fsp3) is 0.103. The number of esters is 1. The van der Waals surface area contributed by atoms with Crippen molar-refractivity contribution in [1.82, 2.24) is 0 Å². The van der Waals surface area contributed by atoms with Gasteiger partial charge in [-0.15, -0.1) is 0 Å². The van der Waals surface area contributed by atoms with Gasteiger partial charge in [0, 0.05) is 5.56 Å². The van der Waals surface area contributed by atoms with Crippen molar-refractivity contribution in [2.75, 3.05) is 0 Å². The van der Waals surface area contributed by atoms with Gasteiger partial charge in [-0.05, 0) is 23.6 Å². The second-order valence-corrected chi connectivity index (χ2v) is 7.65. The van der Waals surface area contributed by atoms with Crippen LogP contribution in [0.1, 0.15) is 34.0 Å². The quantitative estimate of drug-likeness (QED) is 0.163. The van der Waals surface area contributed by atoms with Gasteiger partial charge in [0.15, 0.2) is 0 Å². The number of hydrogen-bond donors (Lipinski definition) is 0. The molecule has 0 heterocycles. The summed E-state index contributed by atoms with van der Waals surface area (Å²) in [5, 5.41) is 0. The maximum Gasteiger partial charge on any atom is 0.379 e. The molecule has 32 heavy (non-hydrogen) atoms. The third kappa shape index (κ3) is 3.97. The van der Waals surface area contributed by atoms with Crippen molar-refractivity contribution in [3.63, 3.8) is 0 Å². The summed E-state index contributed by atoms with van der Waals surface area (Å²) in [5.41, 5.74) is 2.45. The number of Topliss-reactive ketones (excluding diaryl/α,β-unsaturated/α-hetero) is 1. The molecule has 0 saturated carbocycles. The summed E-state index contributed by atoms with van der Waals surface area (Å²) in [6.07, 6.45) is -0.658. The molecule has 0 spiro atoms.